The van der Waals surface area contributed by atoms with E-state index in [1.54, 1.807) is 4.90 Å². The second kappa shape index (κ2) is 5.13. The number of benzene rings is 2. The summed E-state index contributed by atoms with van der Waals surface area (Å²) in [5, 5.41) is 5.31. The molecule has 4 rings (SSSR count). The highest BCUT2D eigenvalue weighted by Crippen LogP contribution is 2.50. The number of nitrogens with zero attached hydrogens (tertiary/aromatic N) is 2. The first-order valence-corrected chi connectivity index (χ1v) is 8.48. The molecule has 0 saturated carbocycles. The van der Waals surface area contributed by atoms with Gasteiger partial charge in [-0.15, -0.1) is 0 Å². The molecule has 1 amide bonds. The predicted molar refractivity (Wildman–Crippen MR) is 94.6 cm³/mol. The summed E-state index contributed by atoms with van der Waals surface area (Å²) < 4.78 is 0. The molecular formula is C18H17N3OS. The van der Waals surface area contributed by atoms with Gasteiger partial charge < -0.3 is 4.90 Å². The molecule has 2 aliphatic rings. The van der Waals surface area contributed by atoms with Gasteiger partial charge in [-0.05, 0) is 24.1 Å². The molecule has 0 bridgehead atoms. The summed E-state index contributed by atoms with van der Waals surface area (Å²) in [5.41, 5.74) is 7.34. The van der Waals surface area contributed by atoms with E-state index in [0.717, 1.165) is 28.3 Å². The molecule has 0 aromatic heterocycles. The van der Waals surface area contributed by atoms with E-state index in [0.29, 0.717) is 0 Å². The molecule has 1 unspecified atom stereocenters. The lowest BCUT2D eigenvalue weighted by molar-refractivity contribution is -0.120. The van der Waals surface area contributed by atoms with Crippen LogP contribution in [0.4, 0.5) is 5.69 Å². The second-order valence-electron chi connectivity index (χ2n) is 5.75. The number of amides is 1. The number of fused-ring (bicyclic) bond motifs is 2. The zero-order valence-electron chi connectivity index (χ0n) is 13.0. The summed E-state index contributed by atoms with van der Waals surface area (Å²) in [7, 11) is 1.82. The first-order chi connectivity index (χ1) is 11.2. The molecule has 2 aromatic rings. The van der Waals surface area contributed by atoms with Crippen LogP contribution in [-0.2, 0) is 16.1 Å². The van der Waals surface area contributed by atoms with Crippen molar-refractivity contribution in [3.05, 3.63) is 65.2 Å². The van der Waals surface area contributed by atoms with E-state index >= 15 is 0 Å². The van der Waals surface area contributed by atoms with Gasteiger partial charge in [-0.25, -0.2) is 0 Å². The van der Waals surface area contributed by atoms with Crippen molar-refractivity contribution in [3.63, 3.8) is 0 Å². The van der Waals surface area contributed by atoms with Gasteiger partial charge in [0.25, 0.3) is 5.91 Å². The maximum Gasteiger partial charge on any atom is 0.269 e. The molecule has 0 fully saturated rings. The zero-order valence-corrected chi connectivity index (χ0v) is 13.9. The Kier molecular flexibility index (Phi) is 3.20. The minimum Gasteiger partial charge on any atom is -0.312 e. The molecule has 5 heteroatoms. The second-order valence-corrected chi connectivity index (χ2v) is 6.95. The molecule has 0 aliphatic carbocycles. The molecule has 2 aliphatic heterocycles. The summed E-state index contributed by atoms with van der Waals surface area (Å²) in [6.45, 7) is 2.12. The van der Waals surface area contributed by atoms with E-state index < -0.39 is 4.87 Å². The predicted octanol–water partition coefficient (Wildman–Crippen LogP) is 3.08. The van der Waals surface area contributed by atoms with Crippen LogP contribution in [0.25, 0.3) is 0 Å². The number of carbonyl (C=O) groups is 1. The van der Waals surface area contributed by atoms with Gasteiger partial charge in [-0.1, -0.05) is 55.1 Å². The Morgan fingerprint density at radius 1 is 1.22 bits per heavy atom. The monoisotopic (exact) mass is 323 g/mol. The van der Waals surface area contributed by atoms with Gasteiger partial charge in [0, 0.05) is 18.2 Å². The fraction of sp³-hybridized carbons (Fsp3) is 0.222. The lowest BCUT2D eigenvalue weighted by Gasteiger charge is -2.21. The van der Waals surface area contributed by atoms with Gasteiger partial charge >= 0.3 is 0 Å². The number of rotatable bonds is 2. The SMILES string of the molecule is CCc1ccc2c(c1)C1(NN=C(c3ccccc3)S1)C(=O)N2C. The normalized spacial score (nSPS) is 22.3. The summed E-state index contributed by atoms with van der Waals surface area (Å²) in [6, 6.07) is 16.2. The van der Waals surface area contributed by atoms with Crippen LogP contribution in [0.5, 0.6) is 0 Å². The minimum atomic E-state index is -0.833. The van der Waals surface area contributed by atoms with Crippen LogP contribution in [0.1, 0.15) is 23.6 Å². The van der Waals surface area contributed by atoms with Gasteiger partial charge in [-0.2, -0.15) is 5.10 Å². The summed E-state index contributed by atoms with van der Waals surface area (Å²) in [4.78, 5) is 13.8. The Morgan fingerprint density at radius 2 is 2.00 bits per heavy atom. The number of thioether (sulfide) groups is 1. The lowest BCUT2D eigenvalue weighted by atomic mass is 10.0. The molecule has 2 heterocycles. The van der Waals surface area contributed by atoms with Gasteiger partial charge in [0.05, 0.1) is 5.69 Å². The molecular weight excluding hydrogens is 306 g/mol. The van der Waals surface area contributed by atoms with E-state index in [1.807, 2.05) is 43.4 Å². The average molecular weight is 323 g/mol. The molecule has 23 heavy (non-hydrogen) atoms. The molecule has 0 saturated heterocycles. The average Bonchev–Trinajstić information content (AvgIpc) is 3.14. The van der Waals surface area contributed by atoms with E-state index in [9.17, 15) is 4.79 Å². The Hall–Kier alpha value is -2.27. The van der Waals surface area contributed by atoms with Crippen LogP contribution in [0, 0.1) is 0 Å². The van der Waals surface area contributed by atoms with Crippen LogP contribution in [0.2, 0.25) is 0 Å². The van der Waals surface area contributed by atoms with Crippen LogP contribution < -0.4 is 10.3 Å². The summed E-state index contributed by atoms with van der Waals surface area (Å²) in [6.07, 6.45) is 0.943. The van der Waals surface area contributed by atoms with E-state index in [2.05, 4.69) is 29.6 Å². The van der Waals surface area contributed by atoms with Crippen LogP contribution in [0.15, 0.2) is 53.6 Å². The molecule has 1 N–H and O–H groups in total. The summed E-state index contributed by atoms with van der Waals surface area (Å²) in [5.74, 6) is 0.0282. The molecule has 1 spiro atoms. The lowest BCUT2D eigenvalue weighted by Crippen LogP contribution is -2.43. The molecule has 116 valence electrons. The fourth-order valence-corrected chi connectivity index (χ4v) is 4.29. The largest absolute Gasteiger partial charge is 0.312 e. The Labute approximate surface area is 139 Å². The van der Waals surface area contributed by atoms with Crippen LogP contribution in [-0.4, -0.2) is 18.0 Å². The van der Waals surface area contributed by atoms with Crippen molar-refractivity contribution >= 4 is 28.4 Å². The number of aryl methyl sites for hydroxylation is 1. The van der Waals surface area contributed by atoms with Crippen molar-refractivity contribution in [1.82, 2.24) is 5.43 Å². The van der Waals surface area contributed by atoms with E-state index in [4.69, 9.17) is 0 Å². The third-order valence-electron chi connectivity index (χ3n) is 4.40. The van der Waals surface area contributed by atoms with Crippen molar-refractivity contribution in [2.75, 3.05) is 11.9 Å². The quantitative estimate of drug-likeness (QED) is 0.924. The maximum atomic E-state index is 12.9. The van der Waals surface area contributed by atoms with Crippen molar-refractivity contribution < 1.29 is 4.79 Å². The van der Waals surface area contributed by atoms with Gasteiger partial charge in [0.15, 0.2) is 0 Å². The third kappa shape index (κ3) is 2.00. The number of hydrogen-bond donors (Lipinski definition) is 1. The van der Waals surface area contributed by atoms with Gasteiger partial charge in [0.1, 0.15) is 5.04 Å². The molecule has 0 radical (unpaired) electrons. The standard InChI is InChI=1S/C18H17N3OS/c1-3-12-9-10-15-14(11-12)18(17(22)21(15)2)20-19-16(23-18)13-7-5-4-6-8-13/h4-11,20H,3H2,1-2H3. The van der Waals surface area contributed by atoms with Crippen molar-refractivity contribution in [2.45, 2.75) is 18.2 Å². The highest BCUT2D eigenvalue weighted by Gasteiger charge is 2.54. The third-order valence-corrected chi connectivity index (χ3v) is 5.71. The number of carbonyl (C=O) groups excluding carboxylic acids is 1. The van der Waals surface area contributed by atoms with Crippen molar-refractivity contribution in [3.8, 4) is 0 Å². The van der Waals surface area contributed by atoms with Crippen LogP contribution in [0.3, 0.4) is 0 Å². The molecule has 2 aromatic carbocycles. The highest BCUT2D eigenvalue weighted by molar-refractivity contribution is 8.16. The van der Waals surface area contributed by atoms with Gasteiger partial charge in [0.2, 0.25) is 4.87 Å². The molecule has 1 atom stereocenters. The zero-order chi connectivity index (χ0) is 16.0. The topological polar surface area (TPSA) is 44.7 Å². The Balaban J connectivity index is 1.78. The number of hydrogen-bond acceptors (Lipinski definition) is 4. The van der Waals surface area contributed by atoms with Crippen molar-refractivity contribution in [1.29, 1.82) is 0 Å². The maximum absolute atomic E-state index is 12.9. The Morgan fingerprint density at radius 3 is 2.74 bits per heavy atom. The van der Waals surface area contributed by atoms with E-state index in [-0.39, 0.29) is 5.91 Å². The van der Waals surface area contributed by atoms with E-state index in [1.165, 1.54) is 17.3 Å². The number of hydrazone groups is 1. The first-order valence-electron chi connectivity index (χ1n) is 7.66. The highest BCUT2D eigenvalue weighted by atomic mass is 32.2. The Bertz CT molecular complexity index is 818. The number of likely N-dealkylation sites (N-methyl/N-ethyl adjacent to an activating group) is 1. The smallest absolute Gasteiger partial charge is 0.269 e. The first kappa shape index (κ1) is 14.3. The number of anilines is 1. The van der Waals surface area contributed by atoms with Gasteiger partial charge in [-0.3, -0.25) is 10.2 Å². The molecule has 4 nitrogen and oxygen atoms in total. The summed E-state index contributed by atoms with van der Waals surface area (Å²) >= 11 is 1.50. The number of nitrogens with one attached hydrogen (secondary N) is 1. The minimum absolute atomic E-state index is 0.0282. The fourth-order valence-electron chi connectivity index (χ4n) is 3.07. The van der Waals surface area contributed by atoms with Crippen LogP contribution >= 0.6 is 11.8 Å². The van der Waals surface area contributed by atoms with Crippen molar-refractivity contribution in [2.24, 2.45) is 5.10 Å².